The summed E-state index contributed by atoms with van der Waals surface area (Å²) in [5, 5.41) is 0. The van der Waals surface area contributed by atoms with Crippen LogP contribution in [0.3, 0.4) is 0 Å². The van der Waals surface area contributed by atoms with Crippen LogP contribution in [0.25, 0.3) is 0 Å². The molecule has 1 atom stereocenters. The van der Waals surface area contributed by atoms with Gasteiger partial charge in [-0.15, -0.1) is 0 Å². The average molecular weight is 389 g/mol. The summed E-state index contributed by atoms with van der Waals surface area (Å²) in [5.41, 5.74) is 0.768. The van der Waals surface area contributed by atoms with Gasteiger partial charge in [-0.1, -0.05) is 12.1 Å². The maximum Gasteiger partial charge on any atom is 0.269 e. The molecule has 2 aliphatic rings. The highest BCUT2D eigenvalue weighted by atomic mass is 32.2. The van der Waals surface area contributed by atoms with Crippen molar-refractivity contribution in [1.82, 2.24) is 14.2 Å². The van der Waals surface area contributed by atoms with Crippen LogP contribution in [-0.2, 0) is 14.8 Å². The third-order valence-corrected chi connectivity index (χ3v) is 6.69. The number of aromatic nitrogens is 1. The van der Waals surface area contributed by atoms with Crippen molar-refractivity contribution in [3.63, 3.8) is 0 Å². The van der Waals surface area contributed by atoms with E-state index in [4.69, 9.17) is 0 Å². The quantitative estimate of drug-likeness (QED) is 0.792. The minimum absolute atomic E-state index is 0.0439. The van der Waals surface area contributed by atoms with E-state index in [2.05, 4.69) is 4.98 Å². The highest BCUT2D eigenvalue weighted by Gasteiger charge is 2.43. The number of pyridine rings is 1. The fourth-order valence-corrected chi connectivity index (χ4v) is 4.99. The molecule has 4 rings (SSSR count). The largest absolute Gasteiger partial charge is 0.340 e. The first kappa shape index (κ1) is 17.6. The van der Waals surface area contributed by atoms with E-state index < -0.39 is 34.2 Å². The van der Waals surface area contributed by atoms with E-state index in [1.54, 1.807) is 12.1 Å². The second-order valence-electron chi connectivity index (χ2n) is 6.54. The molecule has 0 aliphatic carbocycles. The molecule has 3 heterocycles. The summed E-state index contributed by atoms with van der Waals surface area (Å²) < 4.78 is 38.7. The molecule has 0 bridgehead atoms. The maximum atomic E-state index is 13.0. The standard InChI is InChI=1S/C18H16FN3O4S/c19-13-5-6-15(20-9-13)12-7-8-21(10-12)17(23)11-22-18(24)14-3-1-2-4-16(14)27(22,25)26/h1-6,9,12H,7-8,10-11H2. The molecule has 1 aromatic heterocycles. The average Bonchev–Trinajstić information content (AvgIpc) is 3.22. The summed E-state index contributed by atoms with van der Waals surface area (Å²) in [5.74, 6) is -1.60. The van der Waals surface area contributed by atoms with Crippen LogP contribution < -0.4 is 0 Å². The number of halogens is 1. The normalized spacial score (nSPS) is 20.8. The molecule has 1 unspecified atom stereocenters. The van der Waals surface area contributed by atoms with E-state index >= 15 is 0 Å². The summed E-state index contributed by atoms with van der Waals surface area (Å²) >= 11 is 0. The van der Waals surface area contributed by atoms with Crippen molar-refractivity contribution in [2.24, 2.45) is 0 Å². The minimum Gasteiger partial charge on any atom is -0.340 e. The number of amides is 2. The van der Waals surface area contributed by atoms with Crippen molar-refractivity contribution in [3.05, 3.63) is 59.7 Å². The Bertz CT molecular complexity index is 1020. The first-order valence-electron chi connectivity index (χ1n) is 8.43. The molecular weight excluding hydrogens is 373 g/mol. The van der Waals surface area contributed by atoms with Crippen LogP contribution in [0.2, 0.25) is 0 Å². The number of sulfonamides is 1. The summed E-state index contributed by atoms with van der Waals surface area (Å²) in [6, 6.07) is 8.82. The molecule has 2 aliphatic heterocycles. The summed E-state index contributed by atoms with van der Waals surface area (Å²) in [7, 11) is -4.01. The zero-order valence-corrected chi connectivity index (χ0v) is 15.0. The Kier molecular flexibility index (Phi) is 4.18. The monoisotopic (exact) mass is 389 g/mol. The van der Waals surface area contributed by atoms with E-state index in [0.29, 0.717) is 29.5 Å². The highest BCUT2D eigenvalue weighted by Crippen LogP contribution is 2.31. The Morgan fingerprint density at radius 3 is 2.70 bits per heavy atom. The molecule has 140 valence electrons. The smallest absolute Gasteiger partial charge is 0.269 e. The van der Waals surface area contributed by atoms with Crippen LogP contribution in [0.5, 0.6) is 0 Å². The Labute approximate surface area is 155 Å². The van der Waals surface area contributed by atoms with Crippen molar-refractivity contribution < 1.29 is 22.4 Å². The molecule has 0 radical (unpaired) electrons. The minimum atomic E-state index is -4.01. The number of likely N-dealkylation sites (tertiary alicyclic amines) is 1. The van der Waals surface area contributed by atoms with Gasteiger partial charge in [-0.05, 0) is 30.7 Å². The molecule has 1 aromatic carbocycles. The van der Waals surface area contributed by atoms with E-state index in [9.17, 15) is 22.4 Å². The van der Waals surface area contributed by atoms with Gasteiger partial charge in [-0.25, -0.2) is 17.1 Å². The third kappa shape index (κ3) is 2.97. The van der Waals surface area contributed by atoms with Crippen LogP contribution in [0.15, 0.2) is 47.5 Å². The van der Waals surface area contributed by atoms with Crippen molar-refractivity contribution in [3.8, 4) is 0 Å². The van der Waals surface area contributed by atoms with Gasteiger partial charge >= 0.3 is 0 Å². The maximum absolute atomic E-state index is 13.0. The molecule has 0 saturated carbocycles. The third-order valence-electron chi connectivity index (χ3n) is 4.90. The van der Waals surface area contributed by atoms with Gasteiger partial charge in [0.1, 0.15) is 17.3 Å². The van der Waals surface area contributed by atoms with Gasteiger partial charge in [-0.2, -0.15) is 0 Å². The van der Waals surface area contributed by atoms with Crippen LogP contribution >= 0.6 is 0 Å². The number of nitrogens with zero attached hydrogens (tertiary/aromatic N) is 3. The molecule has 0 spiro atoms. The van der Waals surface area contributed by atoms with Crippen LogP contribution in [0.4, 0.5) is 4.39 Å². The molecule has 2 aromatic rings. The Morgan fingerprint density at radius 1 is 1.22 bits per heavy atom. The van der Waals surface area contributed by atoms with Gasteiger partial charge in [0, 0.05) is 24.7 Å². The zero-order chi connectivity index (χ0) is 19.2. The Hall–Kier alpha value is -2.81. The number of carbonyl (C=O) groups excluding carboxylic acids is 2. The van der Waals surface area contributed by atoms with Crippen molar-refractivity contribution in [1.29, 1.82) is 0 Å². The first-order chi connectivity index (χ1) is 12.9. The van der Waals surface area contributed by atoms with Gasteiger partial charge in [0.25, 0.3) is 15.9 Å². The van der Waals surface area contributed by atoms with Crippen molar-refractivity contribution in [2.75, 3.05) is 19.6 Å². The van der Waals surface area contributed by atoms with E-state index in [0.717, 1.165) is 6.20 Å². The molecule has 1 fully saturated rings. The second-order valence-corrected chi connectivity index (χ2v) is 8.37. The van der Waals surface area contributed by atoms with E-state index in [1.807, 2.05) is 0 Å². The van der Waals surface area contributed by atoms with Gasteiger partial charge < -0.3 is 4.90 Å². The lowest BCUT2D eigenvalue weighted by molar-refractivity contribution is -0.130. The van der Waals surface area contributed by atoms with Gasteiger partial charge in [0.05, 0.1) is 11.8 Å². The van der Waals surface area contributed by atoms with Crippen molar-refractivity contribution >= 4 is 21.8 Å². The summed E-state index contributed by atoms with van der Waals surface area (Å²) in [4.78, 5) is 30.5. The molecule has 9 heteroatoms. The molecule has 2 amide bonds. The van der Waals surface area contributed by atoms with E-state index in [1.165, 1.54) is 29.2 Å². The predicted octanol–water partition coefficient (Wildman–Crippen LogP) is 1.38. The fourth-order valence-electron chi connectivity index (χ4n) is 3.47. The Morgan fingerprint density at radius 2 is 2.00 bits per heavy atom. The second kappa shape index (κ2) is 6.41. The SMILES string of the molecule is O=C(CN1C(=O)c2ccccc2S1(=O)=O)N1CCC(c2ccc(F)cn2)C1. The molecule has 7 nitrogen and oxygen atoms in total. The van der Waals surface area contributed by atoms with Crippen LogP contribution in [0, 0.1) is 5.82 Å². The molecular formula is C18H16FN3O4S. The number of fused-ring (bicyclic) bond motifs is 1. The van der Waals surface area contributed by atoms with Crippen LogP contribution in [0.1, 0.15) is 28.4 Å². The van der Waals surface area contributed by atoms with Gasteiger partial charge in [-0.3, -0.25) is 14.6 Å². The summed E-state index contributed by atoms with van der Waals surface area (Å²) in [6.45, 7) is 0.253. The first-order valence-corrected chi connectivity index (χ1v) is 9.87. The molecule has 0 N–H and O–H groups in total. The molecule has 1 saturated heterocycles. The lowest BCUT2D eigenvalue weighted by Crippen LogP contribution is -2.41. The van der Waals surface area contributed by atoms with Gasteiger partial charge in [0.15, 0.2) is 0 Å². The Balaban J connectivity index is 1.47. The summed E-state index contributed by atoms with van der Waals surface area (Å²) in [6.07, 6.45) is 1.78. The number of rotatable bonds is 3. The lowest BCUT2D eigenvalue weighted by Gasteiger charge is -2.20. The highest BCUT2D eigenvalue weighted by molar-refractivity contribution is 7.90. The lowest BCUT2D eigenvalue weighted by atomic mass is 10.0. The fraction of sp³-hybridized carbons (Fsp3) is 0.278. The number of benzene rings is 1. The van der Waals surface area contributed by atoms with E-state index in [-0.39, 0.29) is 16.4 Å². The zero-order valence-electron chi connectivity index (χ0n) is 14.2. The van der Waals surface area contributed by atoms with Crippen molar-refractivity contribution in [2.45, 2.75) is 17.2 Å². The predicted molar refractivity (Wildman–Crippen MR) is 92.8 cm³/mol. The topological polar surface area (TPSA) is 87.7 Å². The number of carbonyl (C=O) groups is 2. The number of hydrogen-bond acceptors (Lipinski definition) is 5. The van der Waals surface area contributed by atoms with Crippen LogP contribution in [-0.4, -0.2) is 54.1 Å². The molecule has 27 heavy (non-hydrogen) atoms. The number of hydrogen-bond donors (Lipinski definition) is 0. The van der Waals surface area contributed by atoms with Gasteiger partial charge in [0.2, 0.25) is 5.91 Å².